The van der Waals surface area contributed by atoms with Crippen molar-refractivity contribution >= 4 is 11.6 Å². The Labute approximate surface area is 180 Å². The van der Waals surface area contributed by atoms with Crippen molar-refractivity contribution in [3.8, 4) is 11.5 Å². The Morgan fingerprint density at radius 3 is 2.60 bits per heavy atom. The molecule has 1 amide bonds. The normalized spacial score (nSPS) is 18.4. The lowest BCUT2D eigenvalue weighted by Crippen LogP contribution is -2.39. The molecule has 3 rings (SSSR count). The molecule has 0 spiro atoms. The summed E-state index contributed by atoms with van der Waals surface area (Å²) in [4.78, 5) is 15.2. The second kappa shape index (κ2) is 10.4. The molecule has 3 atom stereocenters. The standard InChI is InChI=1S/C25H34N2O3/c1-5-24(30-23-10-6-9-22(16-23)29-4)25(28)26-19(3)20-11-13-21(14-12-20)27-15-7-8-18(2)17-27/h6,9-14,16,18-19,24H,5,7-8,15,17H2,1-4H3,(H,26,28)/t18-,19+,24-/m1/s1. The largest absolute Gasteiger partial charge is 0.497 e. The molecule has 0 radical (unpaired) electrons. The first-order valence-corrected chi connectivity index (χ1v) is 11.0. The summed E-state index contributed by atoms with van der Waals surface area (Å²) in [5.74, 6) is 1.97. The van der Waals surface area contributed by atoms with Gasteiger partial charge < -0.3 is 19.7 Å². The number of ether oxygens (including phenoxy) is 2. The average Bonchev–Trinajstić information content (AvgIpc) is 2.77. The van der Waals surface area contributed by atoms with E-state index in [1.165, 1.54) is 18.5 Å². The minimum atomic E-state index is -0.548. The predicted octanol–water partition coefficient (Wildman–Crippen LogP) is 4.97. The number of hydrogen-bond donors (Lipinski definition) is 1. The molecule has 1 heterocycles. The molecule has 2 aromatic rings. The van der Waals surface area contributed by atoms with Gasteiger partial charge in [0.15, 0.2) is 6.10 Å². The van der Waals surface area contributed by atoms with Crippen LogP contribution in [0.25, 0.3) is 0 Å². The molecular formula is C25H34N2O3. The minimum Gasteiger partial charge on any atom is -0.497 e. The second-order valence-corrected chi connectivity index (χ2v) is 8.21. The molecule has 1 saturated heterocycles. The van der Waals surface area contributed by atoms with Crippen molar-refractivity contribution < 1.29 is 14.3 Å². The van der Waals surface area contributed by atoms with Crippen molar-refractivity contribution in [1.29, 1.82) is 0 Å². The van der Waals surface area contributed by atoms with Crippen LogP contribution in [0.1, 0.15) is 51.6 Å². The molecule has 1 N–H and O–H groups in total. The van der Waals surface area contributed by atoms with Gasteiger partial charge in [-0.2, -0.15) is 0 Å². The van der Waals surface area contributed by atoms with Crippen molar-refractivity contribution in [1.82, 2.24) is 5.32 Å². The number of piperidine rings is 1. The molecule has 162 valence electrons. The van der Waals surface area contributed by atoms with Crippen molar-refractivity contribution in [2.24, 2.45) is 5.92 Å². The predicted molar refractivity (Wildman–Crippen MR) is 121 cm³/mol. The lowest BCUT2D eigenvalue weighted by Gasteiger charge is -2.33. The van der Waals surface area contributed by atoms with Crippen molar-refractivity contribution in [3.63, 3.8) is 0 Å². The van der Waals surface area contributed by atoms with Crippen LogP contribution in [0.15, 0.2) is 48.5 Å². The fraction of sp³-hybridized carbons (Fsp3) is 0.480. The molecule has 1 aliphatic heterocycles. The number of carbonyl (C=O) groups is 1. The van der Waals surface area contributed by atoms with Gasteiger partial charge in [0.25, 0.3) is 5.91 Å². The first kappa shape index (κ1) is 22.0. The van der Waals surface area contributed by atoms with E-state index in [0.717, 1.165) is 24.6 Å². The molecule has 0 aliphatic carbocycles. The minimum absolute atomic E-state index is 0.0882. The summed E-state index contributed by atoms with van der Waals surface area (Å²) in [6.45, 7) is 8.51. The summed E-state index contributed by atoms with van der Waals surface area (Å²) >= 11 is 0. The van der Waals surface area contributed by atoms with Crippen LogP contribution < -0.4 is 19.7 Å². The number of nitrogens with zero attached hydrogens (tertiary/aromatic N) is 1. The maximum Gasteiger partial charge on any atom is 0.261 e. The second-order valence-electron chi connectivity index (χ2n) is 8.21. The molecule has 1 fully saturated rings. The van der Waals surface area contributed by atoms with E-state index in [1.807, 2.05) is 32.0 Å². The molecule has 5 heteroatoms. The molecule has 5 nitrogen and oxygen atoms in total. The Kier molecular flexibility index (Phi) is 7.61. The third kappa shape index (κ3) is 5.68. The summed E-state index contributed by atoms with van der Waals surface area (Å²) in [6.07, 6.45) is 2.60. The molecule has 30 heavy (non-hydrogen) atoms. The van der Waals surface area contributed by atoms with Gasteiger partial charge in [-0.3, -0.25) is 4.79 Å². The molecule has 0 unspecified atom stereocenters. The van der Waals surface area contributed by atoms with Crippen LogP contribution in [0.4, 0.5) is 5.69 Å². The molecule has 0 bridgehead atoms. The zero-order valence-electron chi connectivity index (χ0n) is 18.6. The number of hydrogen-bond acceptors (Lipinski definition) is 4. The van der Waals surface area contributed by atoms with Gasteiger partial charge in [-0.15, -0.1) is 0 Å². The molecule has 1 aliphatic rings. The number of nitrogens with one attached hydrogen (secondary N) is 1. The topological polar surface area (TPSA) is 50.8 Å². The fourth-order valence-electron chi connectivity index (χ4n) is 3.95. The highest BCUT2D eigenvalue weighted by molar-refractivity contribution is 5.81. The third-order valence-electron chi connectivity index (χ3n) is 5.76. The number of benzene rings is 2. The SMILES string of the molecule is CC[C@@H](Oc1cccc(OC)c1)C(=O)N[C@@H](C)c1ccc(N2CCC[C@@H](C)C2)cc1. The molecule has 0 aromatic heterocycles. The number of anilines is 1. The number of methoxy groups -OCH3 is 1. The summed E-state index contributed by atoms with van der Waals surface area (Å²) in [5, 5.41) is 3.09. The van der Waals surface area contributed by atoms with Crippen LogP contribution in [0.3, 0.4) is 0 Å². The Balaban J connectivity index is 1.59. The van der Waals surface area contributed by atoms with Crippen molar-refractivity contribution in [2.45, 2.75) is 52.2 Å². The fourth-order valence-corrected chi connectivity index (χ4v) is 3.95. The van der Waals surface area contributed by atoms with E-state index < -0.39 is 6.10 Å². The van der Waals surface area contributed by atoms with Gasteiger partial charge >= 0.3 is 0 Å². The van der Waals surface area contributed by atoms with E-state index in [0.29, 0.717) is 17.9 Å². The zero-order chi connectivity index (χ0) is 21.5. The molecule has 2 aromatic carbocycles. The lowest BCUT2D eigenvalue weighted by molar-refractivity contribution is -0.128. The molecular weight excluding hydrogens is 376 g/mol. The van der Waals surface area contributed by atoms with E-state index in [4.69, 9.17) is 9.47 Å². The van der Waals surface area contributed by atoms with Crippen LogP contribution in [0, 0.1) is 5.92 Å². The molecule has 0 saturated carbocycles. The van der Waals surface area contributed by atoms with Gasteiger partial charge in [0, 0.05) is 24.8 Å². The highest BCUT2D eigenvalue weighted by Crippen LogP contribution is 2.25. The average molecular weight is 411 g/mol. The maximum atomic E-state index is 12.8. The Morgan fingerprint density at radius 1 is 1.20 bits per heavy atom. The van der Waals surface area contributed by atoms with Crippen LogP contribution in [0.5, 0.6) is 11.5 Å². The highest BCUT2D eigenvalue weighted by Gasteiger charge is 2.21. The van der Waals surface area contributed by atoms with E-state index in [1.54, 1.807) is 13.2 Å². The summed E-state index contributed by atoms with van der Waals surface area (Å²) in [6, 6.07) is 15.8. The highest BCUT2D eigenvalue weighted by atomic mass is 16.5. The lowest BCUT2D eigenvalue weighted by atomic mass is 9.99. The Bertz CT molecular complexity index is 821. The first-order valence-electron chi connectivity index (χ1n) is 11.0. The van der Waals surface area contributed by atoms with Gasteiger partial charge in [-0.1, -0.05) is 32.0 Å². The number of amides is 1. The van der Waals surface area contributed by atoms with E-state index in [9.17, 15) is 4.79 Å². The van der Waals surface area contributed by atoms with Crippen LogP contribution in [-0.4, -0.2) is 32.2 Å². The Morgan fingerprint density at radius 2 is 1.93 bits per heavy atom. The van der Waals surface area contributed by atoms with Gasteiger partial charge in [0.1, 0.15) is 11.5 Å². The summed E-state index contributed by atoms with van der Waals surface area (Å²) in [5.41, 5.74) is 2.35. The van der Waals surface area contributed by atoms with Crippen molar-refractivity contribution in [3.05, 3.63) is 54.1 Å². The van der Waals surface area contributed by atoms with Gasteiger partial charge in [-0.05, 0) is 61.9 Å². The van der Waals surface area contributed by atoms with Gasteiger partial charge in [-0.25, -0.2) is 0 Å². The third-order valence-corrected chi connectivity index (χ3v) is 5.76. The zero-order valence-corrected chi connectivity index (χ0v) is 18.6. The van der Waals surface area contributed by atoms with Gasteiger partial charge in [0.2, 0.25) is 0 Å². The van der Waals surface area contributed by atoms with Crippen LogP contribution >= 0.6 is 0 Å². The van der Waals surface area contributed by atoms with Crippen LogP contribution in [0.2, 0.25) is 0 Å². The number of carbonyl (C=O) groups excluding carboxylic acids is 1. The first-order chi connectivity index (χ1) is 14.5. The smallest absolute Gasteiger partial charge is 0.261 e. The summed E-state index contributed by atoms with van der Waals surface area (Å²) in [7, 11) is 1.61. The monoisotopic (exact) mass is 410 g/mol. The van der Waals surface area contributed by atoms with Crippen molar-refractivity contribution in [2.75, 3.05) is 25.1 Å². The summed E-state index contributed by atoms with van der Waals surface area (Å²) < 4.78 is 11.1. The van der Waals surface area contributed by atoms with E-state index in [-0.39, 0.29) is 11.9 Å². The van der Waals surface area contributed by atoms with Gasteiger partial charge in [0.05, 0.1) is 13.2 Å². The van der Waals surface area contributed by atoms with E-state index >= 15 is 0 Å². The quantitative estimate of drug-likeness (QED) is 0.668. The Hall–Kier alpha value is -2.69. The van der Waals surface area contributed by atoms with Crippen LogP contribution in [-0.2, 0) is 4.79 Å². The number of rotatable bonds is 8. The maximum absolute atomic E-state index is 12.8. The van der Waals surface area contributed by atoms with E-state index in [2.05, 4.69) is 41.4 Å².